The molecule has 2 nitrogen and oxygen atoms in total. The second-order valence-electron chi connectivity index (χ2n) is 7.68. The number of benzene rings is 2. The minimum atomic E-state index is -2.79. The van der Waals surface area contributed by atoms with Crippen LogP contribution in [0, 0.1) is 0 Å². The molecule has 26 heavy (non-hydrogen) atoms. The van der Waals surface area contributed by atoms with Gasteiger partial charge in [0.25, 0.3) is 0 Å². The molecule has 2 aromatic rings. The third-order valence-corrected chi connectivity index (χ3v) is 16.2. The van der Waals surface area contributed by atoms with Gasteiger partial charge >= 0.3 is 136 Å². The number of allylic oxidation sites excluding steroid dienone is 4. The molecule has 4 heteroatoms. The van der Waals surface area contributed by atoms with Crippen molar-refractivity contribution >= 4 is 11.5 Å². The first-order valence-corrected chi connectivity index (χ1v) is 17.7. The van der Waals surface area contributed by atoms with Crippen LogP contribution in [-0.2, 0) is 20.5 Å². The average molecular weight is 402 g/mol. The number of aliphatic hydroxyl groups excluding tert-OH is 2. The molecule has 0 amide bonds. The molecule has 0 radical (unpaired) electrons. The Morgan fingerprint density at radius 3 is 2.19 bits per heavy atom. The summed E-state index contributed by atoms with van der Waals surface area (Å²) in [6.07, 6.45) is 9.23. The Bertz CT molecular complexity index is 919. The molecule has 2 aliphatic rings. The Hall–Kier alpha value is -1.23. The van der Waals surface area contributed by atoms with E-state index in [4.69, 9.17) is 10.2 Å². The summed E-state index contributed by atoms with van der Waals surface area (Å²) in [4.78, 5) is 0. The van der Waals surface area contributed by atoms with Crippen molar-refractivity contribution < 1.29 is 24.3 Å². The molecule has 2 N–H and O–H groups in total. The van der Waals surface area contributed by atoms with E-state index in [1.165, 1.54) is 16.7 Å². The van der Waals surface area contributed by atoms with Crippen LogP contribution in [0.1, 0.15) is 17.5 Å². The van der Waals surface area contributed by atoms with Crippen LogP contribution < -0.4 is 3.87 Å². The number of aliphatic hydroxyl groups is 2. The molecule has 2 aliphatic carbocycles. The molecule has 0 fully saturated rings. The summed E-state index contributed by atoms with van der Waals surface area (Å²) in [5, 5.41) is 19.2. The minimum absolute atomic E-state index is 1.00. The summed E-state index contributed by atoms with van der Waals surface area (Å²) >= 11 is -2.79. The van der Waals surface area contributed by atoms with Crippen molar-refractivity contribution in [1.29, 1.82) is 0 Å². The normalized spacial score (nSPS) is 14.3. The molecule has 0 spiro atoms. The van der Waals surface area contributed by atoms with Crippen molar-refractivity contribution in [2.45, 2.75) is 23.3 Å². The van der Waals surface area contributed by atoms with Crippen LogP contribution in [-0.4, -0.2) is 32.1 Å². The number of hydrogen-bond acceptors (Lipinski definition) is 2. The summed E-state index contributed by atoms with van der Waals surface area (Å²) in [6.45, 7) is 0. The van der Waals surface area contributed by atoms with Crippen molar-refractivity contribution in [3.8, 4) is 11.1 Å². The van der Waals surface area contributed by atoms with Gasteiger partial charge in [-0.15, -0.1) is 0 Å². The second kappa shape index (κ2) is 8.20. The van der Waals surface area contributed by atoms with Gasteiger partial charge in [-0.2, -0.15) is 0 Å². The molecular weight excluding hydrogens is 372 g/mol. The van der Waals surface area contributed by atoms with Gasteiger partial charge in [0.1, 0.15) is 0 Å². The van der Waals surface area contributed by atoms with Crippen molar-refractivity contribution in [2.75, 3.05) is 14.2 Å². The Labute approximate surface area is 159 Å². The SMILES string of the molecule is CO.CO.[CH3][Ti]([CH3])(=[SiH2])([C]1=CC=CC1)[c]1cccc2c1Cc1ccccc1-2. The van der Waals surface area contributed by atoms with Crippen molar-refractivity contribution in [3.05, 3.63) is 75.7 Å². The zero-order chi connectivity index (χ0) is 19.4. The van der Waals surface area contributed by atoms with E-state index in [0.29, 0.717) is 0 Å². The van der Waals surface area contributed by atoms with E-state index < -0.39 is 14.0 Å². The standard InChI is InChI=1S/C13H9.C5H5.2CH4O.2CH3.H2Si.Ti/c1-3-7-12-10(5-1)9-11-6-2-4-8-13(11)12;1-2-4-5-3-1;2*1-2;;;;/h1-5,7-8H,9H2;1-3H,4H2;2*2H,1H3;2*1H3;1H2;. The monoisotopic (exact) mass is 402 g/mol. The van der Waals surface area contributed by atoms with Crippen LogP contribution in [0.2, 0.25) is 10.5 Å². The second-order valence-corrected chi connectivity index (χ2v) is 26.7. The summed E-state index contributed by atoms with van der Waals surface area (Å²) < 4.78 is 3.39. The van der Waals surface area contributed by atoms with E-state index in [1.807, 2.05) is 0 Å². The molecule has 0 unspecified atom stereocenters. The molecule has 138 valence electrons. The molecule has 0 aromatic heterocycles. The van der Waals surface area contributed by atoms with E-state index >= 15 is 0 Å². The van der Waals surface area contributed by atoms with E-state index in [-0.39, 0.29) is 0 Å². The Morgan fingerprint density at radius 2 is 1.54 bits per heavy atom. The van der Waals surface area contributed by atoms with E-state index in [9.17, 15) is 0 Å². The van der Waals surface area contributed by atoms with Crippen LogP contribution in [0.25, 0.3) is 11.1 Å². The maximum atomic E-state index is 7.00. The first-order valence-electron chi connectivity index (χ1n) is 8.99. The summed E-state index contributed by atoms with van der Waals surface area (Å²) in [5.74, 6) is 0. The fourth-order valence-corrected chi connectivity index (χ4v) is 12.1. The van der Waals surface area contributed by atoms with Gasteiger partial charge in [-0.05, 0) is 0 Å². The van der Waals surface area contributed by atoms with E-state index in [1.54, 1.807) is 13.3 Å². The quantitative estimate of drug-likeness (QED) is 0.646. The molecular formula is C22H30O2SiTi. The Morgan fingerprint density at radius 1 is 0.885 bits per heavy atom. The average Bonchev–Trinajstić information content (AvgIpc) is 3.33. The molecule has 0 heterocycles. The van der Waals surface area contributed by atoms with Crippen molar-refractivity contribution in [2.24, 2.45) is 0 Å². The van der Waals surface area contributed by atoms with Gasteiger partial charge < -0.3 is 10.2 Å². The first-order chi connectivity index (χ1) is 12.5. The van der Waals surface area contributed by atoms with Gasteiger partial charge in [0.15, 0.2) is 0 Å². The Kier molecular flexibility index (Phi) is 6.65. The molecule has 0 bridgehead atoms. The van der Waals surface area contributed by atoms with Crippen LogP contribution in [0.15, 0.2) is 64.6 Å². The molecule has 2 aromatic carbocycles. The number of fused-ring (bicyclic) bond motifs is 3. The van der Waals surface area contributed by atoms with Crippen molar-refractivity contribution in [3.63, 3.8) is 0 Å². The summed E-state index contributed by atoms with van der Waals surface area (Å²) in [6, 6.07) is 15.9. The van der Waals surface area contributed by atoms with Gasteiger partial charge in [0.2, 0.25) is 0 Å². The van der Waals surface area contributed by atoms with Gasteiger partial charge in [0.05, 0.1) is 0 Å². The van der Waals surface area contributed by atoms with Gasteiger partial charge in [-0.3, -0.25) is 0 Å². The first kappa shape index (κ1) is 21.1. The molecule has 0 aliphatic heterocycles. The fourth-order valence-electron chi connectivity index (χ4n) is 4.12. The van der Waals surface area contributed by atoms with Crippen LogP contribution in [0.3, 0.4) is 0 Å². The zero-order valence-electron chi connectivity index (χ0n) is 16.3. The topological polar surface area (TPSA) is 40.5 Å². The van der Waals surface area contributed by atoms with Gasteiger partial charge in [-0.25, -0.2) is 0 Å². The fraction of sp³-hybridized carbons (Fsp3) is 0.273. The zero-order valence-corrected chi connectivity index (χ0v) is 19.3. The summed E-state index contributed by atoms with van der Waals surface area (Å²) in [5.41, 5.74) is 6.03. The Balaban J connectivity index is 0.000000570. The summed E-state index contributed by atoms with van der Waals surface area (Å²) in [7, 11) is 4.32. The van der Waals surface area contributed by atoms with Gasteiger partial charge in [0, 0.05) is 14.2 Å². The molecule has 0 saturated carbocycles. The molecule has 0 saturated heterocycles. The predicted octanol–water partition coefficient (Wildman–Crippen LogP) is 3.28. The molecule has 4 rings (SSSR count). The van der Waals surface area contributed by atoms with Crippen LogP contribution in [0.4, 0.5) is 0 Å². The maximum absolute atomic E-state index is 7.00. The number of hydrogen-bond donors (Lipinski definition) is 2. The van der Waals surface area contributed by atoms with Crippen LogP contribution >= 0.6 is 0 Å². The van der Waals surface area contributed by atoms with Crippen molar-refractivity contribution in [1.82, 2.24) is 0 Å². The number of rotatable bonds is 2. The van der Waals surface area contributed by atoms with E-state index in [2.05, 4.69) is 78.8 Å². The third kappa shape index (κ3) is 3.60. The van der Waals surface area contributed by atoms with Crippen LogP contribution in [0.5, 0.6) is 0 Å². The van der Waals surface area contributed by atoms with E-state index in [0.717, 1.165) is 27.1 Å². The predicted molar refractivity (Wildman–Crippen MR) is 113 cm³/mol. The third-order valence-electron chi connectivity index (χ3n) is 5.52. The van der Waals surface area contributed by atoms with Gasteiger partial charge in [-0.1, -0.05) is 0 Å². The molecule has 0 atom stereocenters.